The van der Waals surface area contributed by atoms with Gasteiger partial charge in [-0.3, -0.25) is 13.6 Å². The number of phosphoric acid groups is 1. The molecule has 0 rings (SSSR count). The van der Waals surface area contributed by atoms with E-state index in [-0.39, 0.29) is 0 Å². The minimum atomic E-state index is -3.36. The third-order valence-corrected chi connectivity index (χ3v) is 2.23. The summed E-state index contributed by atoms with van der Waals surface area (Å²) in [6, 6.07) is 0. The summed E-state index contributed by atoms with van der Waals surface area (Å²) in [5.41, 5.74) is 5.18. The monoisotopic (exact) mass is 169 g/mol. The lowest BCUT2D eigenvalue weighted by atomic mass is 10.7. The number of hydrogen-bond donors (Lipinski definition) is 1. The van der Waals surface area contributed by atoms with Crippen LogP contribution in [0.25, 0.3) is 0 Å². The van der Waals surface area contributed by atoms with Gasteiger partial charge in [0.25, 0.3) is 0 Å². The second-order valence-corrected chi connectivity index (χ2v) is 3.46. The molecule has 10 heavy (non-hydrogen) atoms. The van der Waals surface area contributed by atoms with Gasteiger partial charge in [0.15, 0.2) is 0 Å². The van der Waals surface area contributed by atoms with Crippen molar-refractivity contribution in [2.24, 2.45) is 5.73 Å². The first-order chi connectivity index (χ1) is 4.54. The molecule has 0 aliphatic rings. The van der Waals surface area contributed by atoms with Gasteiger partial charge in [-0.05, 0) is 6.92 Å². The lowest BCUT2D eigenvalue weighted by molar-refractivity contribution is 0.117. The molecule has 0 aromatic rings. The molecule has 62 valence electrons. The molecular formula is C4H12NO4P. The van der Waals surface area contributed by atoms with E-state index in [0.29, 0.717) is 0 Å². The van der Waals surface area contributed by atoms with E-state index in [9.17, 15) is 4.57 Å². The van der Waals surface area contributed by atoms with E-state index in [1.807, 2.05) is 0 Å². The molecule has 0 fully saturated rings. The third-order valence-electron chi connectivity index (χ3n) is 0.743. The Balaban J connectivity index is 3.94. The predicted octanol–water partition coefficient (Wildman–Crippen LogP) is 0.709. The van der Waals surface area contributed by atoms with Gasteiger partial charge in [0.1, 0.15) is 6.23 Å². The minimum absolute atomic E-state index is 0.661. The fourth-order valence-electron chi connectivity index (χ4n) is 0.364. The van der Waals surface area contributed by atoms with Crippen LogP contribution in [-0.2, 0) is 18.1 Å². The van der Waals surface area contributed by atoms with E-state index < -0.39 is 14.1 Å². The smallest absolute Gasteiger partial charge is 0.306 e. The van der Waals surface area contributed by atoms with Gasteiger partial charge in [0.05, 0.1) is 0 Å². The van der Waals surface area contributed by atoms with Crippen LogP contribution in [0.2, 0.25) is 0 Å². The lowest BCUT2D eigenvalue weighted by Gasteiger charge is -2.14. The van der Waals surface area contributed by atoms with Gasteiger partial charge in [0.2, 0.25) is 0 Å². The highest BCUT2D eigenvalue weighted by atomic mass is 31.2. The summed E-state index contributed by atoms with van der Waals surface area (Å²) >= 11 is 0. The van der Waals surface area contributed by atoms with Crippen LogP contribution < -0.4 is 5.73 Å². The van der Waals surface area contributed by atoms with Crippen LogP contribution in [0.1, 0.15) is 6.92 Å². The molecule has 0 heterocycles. The molecule has 0 aliphatic heterocycles. The molecule has 0 spiro atoms. The summed E-state index contributed by atoms with van der Waals surface area (Å²) in [7, 11) is -0.905. The summed E-state index contributed by atoms with van der Waals surface area (Å²) in [5, 5.41) is 0. The molecule has 2 N–H and O–H groups in total. The highest BCUT2D eigenvalue weighted by molar-refractivity contribution is 7.48. The number of phosphoric ester groups is 1. The zero-order valence-corrected chi connectivity index (χ0v) is 7.13. The van der Waals surface area contributed by atoms with E-state index in [1.54, 1.807) is 0 Å². The second-order valence-electron chi connectivity index (χ2n) is 1.62. The SMILES string of the molecule is COP(=O)(OC)OC(C)N. The van der Waals surface area contributed by atoms with Gasteiger partial charge in [-0.2, -0.15) is 0 Å². The maximum Gasteiger partial charge on any atom is 0.475 e. The second kappa shape index (κ2) is 4.05. The Morgan fingerprint density at radius 1 is 1.40 bits per heavy atom. The zero-order valence-electron chi connectivity index (χ0n) is 6.23. The van der Waals surface area contributed by atoms with E-state index >= 15 is 0 Å². The summed E-state index contributed by atoms with van der Waals surface area (Å²) < 4.78 is 24.5. The Kier molecular flexibility index (Phi) is 4.08. The molecule has 0 saturated heterocycles. The summed E-state index contributed by atoms with van der Waals surface area (Å²) in [6.45, 7) is 1.53. The van der Waals surface area contributed by atoms with Crippen molar-refractivity contribution in [2.45, 2.75) is 13.2 Å². The van der Waals surface area contributed by atoms with Crippen molar-refractivity contribution in [3.05, 3.63) is 0 Å². The van der Waals surface area contributed by atoms with Crippen LogP contribution in [0.4, 0.5) is 0 Å². The van der Waals surface area contributed by atoms with Gasteiger partial charge in [-0.25, -0.2) is 4.57 Å². The predicted molar refractivity (Wildman–Crippen MR) is 36.4 cm³/mol. The van der Waals surface area contributed by atoms with Crippen LogP contribution in [0.3, 0.4) is 0 Å². The Hall–Kier alpha value is 0.0700. The molecule has 1 atom stereocenters. The molecule has 6 heteroatoms. The number of rotatable bonds is 4. The van der Waals surface area contributed by atoms with Crippen molar-refractivity contribution in [2.75, 3.05) is 14.2 Å². The molecule has 0 aliphatic carbocycles. The van der Waals surface area contributed by atoms with Crippen LogP contribution >= 0.6 is 7.82 Å². The van der Waals surface area contributed by atoms with Crippen molar-refractivity contribution < 1.29 is 18.1 Å². The topological polar surface area (TPSA) is 70.8 Å². The Morgan fingerprint density at radius 2 is 1.80 bits per heavy atom. The molecule has 0 saturated carbocycles. The summed E-state index contributed by atoms with van der Waals surface area (Å²) in [5.74, 6) is 0. The highest BCUT2D eigenvalue weighted by Crippen LogP contribution is 2.47. The molecule has 5 nitrogen and oxygen atoms in total. The van der Waals surface area contributed by atoms with E-state index in [1.165, 1.54) is 21.1 Å². The van der Waals surface area contributed by atoms with Gasteiger partial charge >= 0.3 is 7.82 Å². The fourth-order valence-corrected chi connectivity index (χ4v) is 1.09. The highest BCUT2D eigenvalue weighted by Gasteiger charge is 2.23. The van der Waals surface area contributed by atoms with E-state index in [4.69, 9.17) is 5.73 Å². The molecule has 0 radical (unpaired) electrons. The first-order valence-electron chi connectivity index (χ1n) is 2.69. The van der Waals surface area contributed by atoms with Crippen molar-refractivity contribution >= 4 is 7.82 Å². The first kappa shape index (κ1) is 10.1. The van der Waals surface area contributed by atoms with Gasteiger partial charge < -0.3 is 5.73 Å². The van der Waals surface area contributed by atoms with Crippen molar-refractivity contribution in [1.29, 1.82) is 0 Å². The third kappa shape index (κ3) is 3.29. The number of hydrogen-bond acceptors (Lipinski definition) is 5. The summed E-state index contributed by atoms with van der Waals surface area (Å²) in [6.07, 6.45) is -0.661. The van der Waals surface area contributed by atoms with E-state index in [2.05, 4.69) is 13.6 Å². The maximum absolute atomic E-state index is 11.0. The zero-order chi connectivity index (χ0) is 8.20. The lowest BCUT2D eigenvalue weighted by Crippen LogP contribution is -2.18. The Bertz CT molecular complexity index is 129. The largest absolute Gasteiger partial charge is 0.475 e. The minimum Gasteiger partial charge on any atom is -0.306 e. The van der Waals surface area contributed by atoms with Crippen LogP contribution in [0.15, 0.2) is 0 Å². The molecule has 0 bridgehead atoms. The fraction of sp³-hybridized carbons (Fsp3) is 1.00. The standard InChI is InChI=1S/C4H12NO4P/c1-4(5)9-10(6,7-2)8-3/h4H,5H2,1-3H3. The molecule has 1 unspecified atom stereocenters. The maximum atomic E-state index is 11.0. The number of nitrogens with two attached hydrogens (primary N) is 1. The molecular weight excluding hydrogens is 157 g/mol. The quantitative estimate of drug-likeness (QED) is 0.495. The van der Waals surface area contributed by atoms with Gasteiger partial charge in [-0.15, -0.1) is 0 Å². The average molecular weight is 169 g/mol. The molecule has 0 amide bonds. The van der Waals surface area contributed by atoms with Gasteiger partial charge in [0, 0.05) is 14.2 Å². The van der Waals surface area contributed by atoms with Crippen LogP contribution in [-0.4, -0.2) is 20.4 Å². The molecule has 0 aromatic carbocycles. The summed E-state index contributed by atoms with van der Waals surface area (Å²) in [4.78, 5) is 0. The van der Waals surface area contributed by atoms with Crippen LogP contribution in [0, 0.1) is 0 Å². The van der Waals surface area contributed by atoms with Crippen molar-refractivity contribution in [3.63, 3.8) is 0 Å². The molecule has 0 aromatic heterocycles. The average Bonchev–Trinajstić information content (AvgIpc) is 1.87. The van der Waals surface area contributed by atoms with Crippen LogP contribution in [0.5, 0.6) is 0 Å². The van der Waals surface area contributed by atoms with Gasteiger partial charge in [-0.1, -0.05) is 0 Å². The first-order valence-corrected chi connectivity index (χ1v) is 4.15. The normalized spacial score (nSPS) is 15.2. The van der Waals surface area contributed by atoms with E-state index in [0.717, 1.165) is 0 Å². The van der Waals surface area contributed by atoms with Crippen molar-refractivity contribution in [3.8, 4) is 0 Å². The van der Waals surface area contributed by atoms with Crippen molar-refractivity contribution in [1.82, 2.24) is 0 Å². The Labute approximate surface area is 60.1 Å². The Morgan fingerprint density at radius 3 is 1.90 bits per heavy atom.